The molecule has 6 nitrogen and oxygen atoms in total. The molecule has 138 valence electrons. The number of likely N-dealkylation sites (tertiary alicyclic amines) is 1. The van der Waals surface area contributed by atoms with Crippen LogP contribution in [-0.4, -0.2) is 41.6 Å². The fraction of sp³-hybridized carbons (Fsp3) is 0.579. The highest BCUT2D eigenvalue weighted by Crippen LogP contribution is 2.23. The van der Waals surface area contributed by atoms with E-state index in [0.29, 0.717) is 18.4 Å². The number of carbonyl (C=O) groups excluding carboxylic acids is 1. The number of rotatable bonds is 7. The highest BCUT2D eigenvalue weighted by Gasteiger charge is 2.22. The van der Waals surface area contributed by atoms with E-state index < -0.39 is 5.97 Å². The van der Waals surface area contributed by atoms with Gasteiger partial charge in [-0.15, -0.1) is 0 Å². The zero-order valence-corrected chi connectivity index (χ0v) is 15.1. The van der Waals surface area contributed by atoms with Gasteiger partial charge in [-0.05, 0) is 29.4 Å². The van der Waals surface area contributed by atoms with Crippen LogP contribution in [0.5, 0.6) is 0 Å². The van der Waals surface area contributed by atoms with Crippen molar-refractivity contribution < 1.29 is 14.7 Å². The molecule has 1 heterocycles. The Balaban J connectivity index is 1.87. The monoisotopic (exact) mass is 347 g/mol. The van der Waals surface area contributed by atoms with Crippen molar-refractivity contribution in [3.05, 3.63) is 35.4 Å². The number of urea groups is 1. The lowest BCUT2D eigenvalue weighted by atomic mass is 9.91. The van der Waals surface area contributed by atoms with Gasteiger partial charge in [0.25, 0.3) is 0 Å². The van der Waals surface area contributed by atoms with Crippen molar-refractivity contribution in [1.82, 2.24) is 15.5 Å². The van der Waals surface area contributed by atoms with Crippen LogP contribution in [0.25, 0.3) is 0 Å². The predicted octanol–water partition coefficient (Wildman–Crippen LogP) is 2.44. The van der Waals surface area contributed by atoms with Gasteiger partial charge in [0.05, 0.1) is 6.42 Å². The molecule has 1 aliphatic rings. The van der Waals surface area contributed by atoms with E-state index in [1.54, 1.807) is 0 Å². The van der Waals surface area contributed by atoms with Crippen molar-refractivity contribution in [2.45, 2.75) is 39.8 Å². The molecule has 25 heavy (non-hydrogen) atoms. The molecule has 6 heteroatoms. The average Bonchev–Trinajstić information content (AvgIpc) is 2.52. The first-order valence-electron chi connectivity index (χ1n) is 8.96. The molecule has 1 fully saturated rings. The van der Waals surface area contributed by atoms with Gasteiger partial charge in [-0.3, -0.25) is 9.69 Å². The van der Waals surface area contributed by atoms with Crippen LogP contribution >= 0.6 is 0 Å². The van der Waals surface area contributed by atoms with Gasteiger partial charge in [0.1, 0.15) is 0 Å². The molecule has 0 bridgehead atoms. The topological polar surface area (TPSA) is 81.7 Å². The number of piperidine rings is 1. The Morgan fingerprint density at radius 2 is 1.76 bits per heavy atom. The maximum absolute atomic E-state index is 11.8. The maximum atomic E-state index is 11.8. The average molecular weight is 347 g/mol. The van der Waals surface area contributed by atoms with Crippen LogP contribution in [0.1, 0.15) is 37.8 Å². The molecule has 1 aromatic rings. The molecule has 0 aromatic heterocycles. The van der Waals surface area contributed by atoms with E-state index in [2.05, 4.69) is 35.4 Å². The Kier molecular flexibility index (Phi) is 7.25. The number of aliphatic carboxylic acids is 1. The molecular formula is C19H29N3O3. The number of nitrogens with one attached hydrogen (secondary N) is 2. The van der Waals surface area contributed by atoms with Crippen LogP contribution in [-0.2, 0) is 17.9 Å². The van der Waals surface area contributed by atoms with Crippen molar-refractivity contribution in [2.75, 3.05) is 19.6 Å². The number of carboxylic acids is 1. The van der Waals surface area contributed by atoms with Gasteiger partial charge in [0, 0.05) is 32.7 Å². The van der Waals surface area contributed by atoms with Crippen molar-refractivity contribution in [2.24, 2.45) is 11.8 Å². The second-order valence-electron chi connectivity index (χ2n) is 7.16. The lowest BCUT2D eigenvalue weighted by Gasteiger charge is -2.35. The van der Waals surface area contributed by atoms with Gasteiger partial charge in [-0.2, -0.15) is 0 Å². The summed E-state index contributed by atoms with van der Waals surface area (Å²) in [6.45, 7) is 8.30. The van der Waals surface area contributed by atoms with Gasteiger partial charge < -0.3 is 15.7 Å². The highest BCUT2D eigenvalue weighted by molar-refractivity contribution is 5.75. The van der Waals surface area contributed by atoms with Gasteiger partial charge >= 0.3 is 12.0 Å². The Labute approximate surface area is 149 Å². The Morgan fingerprint density at radius 3 is 2.40 bits per heavy atom. The number of benzene rings is 1. The predicted molar refractivity (Wildman–Crippen MR) is 97.2 cm³/mol. The molecule has 1 saturated heterocycles. The zero-order valence-electron chi connectivity index (χ0n) is 15.1. The van der Waals surface area contributed by atoms with Crippen LogP contribution in [0.4, 0.5) is 4.79 Å². The molecule has 0 radical (unpaired) electrons. The summed E-state index contributed by atoms with van der Waals surface area (Å²) in [6, 6.07) is 7.82. The summed E-state index contributed by atoms with van der Waals surface area (Å²) >= 11 is 0. The van der Waals surface area contributed by atoms with Crippen LogP contribution in [0, 0.1) is 11.8 Å². The molecule has 2 rings (SSSR count). The van der Waals surface area contributed by atoms with Gasteiger partial charge in [0.2, 0.25) is 0 Å². The molecule has 2 unspecified atom stereocenters. The quantitative estimate of drug-likeness (QED) is 0.708. The van der Waals surface area contributed by atoms with Crippen molar-refractivity contribution >= 4 is 12.0 Å². The first kappa shape index (κ1) is 19.2. The third-order valence-electron chi connectivity index (χ3n) is 4.52. The minimum absolute atomic E-state index is 0.0741. The molecule has 0 saturated carbocycles. The van der Waals surface area contributed by atoms with Crippen LogP contribution in [0.2, 0.25) is 0 Å². The van der Waals surface area contributed by atoms with E-state index >= 15 is 0 Å². The summed E-state index contributed by atoms with van der Waals surface area (Å²) in [4.78, 5) is 24.7. The fourth-order valence-electron chi connectivity index (χ4n) is 3.57. The lowest BCUT2D eigenvalue weighted by molar-refractivity contribution is -0.136. The summed E-state index contributed by atoms with van der Waals surface area (Å²) in [5.41, 5.74) is 2.33. The fourth-order valence-corrected chi connectivity index (χ4v) is 3.57. The molecule has 0 spiro atoms. The summed E-state index contributed by atoms with van der Waals surface area (Å²) in [6.07, 6.45) is 1.21. The van der Waals surface area contributed by atoms with Gasteiger partial charge in [-0.25, -0.2) is 4.79 Å². The minimum atomic E-state index is -0.921. The van der Waals surface area contributed by atoms with Crippen LogP contribution in [0.3, 0.4) is 0 Å². The molecule has 2 atom stereocenters. The standard InChI is InChI=1S/C19H29N3O3/c1-14-9-15(2)12-22(11-14)13-17-6-4-3-5-16(17)10-21-19(25)20-8-7-18(23)24/h3-6,14-15H,7-13H2,1-2H3,(H,23,24)(H2,20,21,25). The molecule has 1 aromatic carbocycles. The van der Waals surface area contributed by atoms with Crippen LogP contribution in [0.15, 0.2) is 24.3 Å². The number of carbonyl (C=O) groups is 2. The smallest absolute Gasteiger partial charge is 0.315 e. The van der Waals surface area contributed by atoms with Gasteiger partial charge in [0.15, 0.2) is 0 Å². The Bertz CT molecular complexity index is 581. The largest absolute Gasteiger partial charge is 0.481 e. The summed E-state index contributed by atoms with van der Waals surface area (Å²) in [5, 5.41) is 13.9. The summed E-state index contributed by atoms with van der Waals surface area (Å²) in [7, 11) is 0. The molecule has 1 aliphatic heterocycles. The second-order valence-corrected chi connectivity index (χ2v) is 7.16. The molecule has 2 amide bonds. The number of amides is 2. The van der Waals surface area contributed by atoms with Crippen molar-refractivity contribution in [1.29, 1.82) is 0 Å². The summed E-state index contributed by atoms with van der Waals surface area (Å²) < 4.78 is 0. The minimum Gasteiger partial charge on any atom is -0.481 e. The van der Waals surface area contributed by atoms with E-state index in [1.165, 1.54) is 12.0 Å². The first-order valence-corrected chi connectivity index (χ1v) is 8.96. The van der Waals surface area contributed by atoms with Crippen molar-refractivity contribution in [3.8, 4) is 0 Å². The second kappa shape index (κ2) is 9.42. The highest BCUT2D eigenvalue weighted by atomic mass is 16.4. The first-order chi connectivity index (χ1) is 11.9. The molecular weight excluding hydrogens is 318 g/mol. The normalized spacial score (nSPS) is 20.9. The maximum Gasteiger partial charge on any atom is 0.315 e. The Hall–Kier alpha value is -2.08. The lowest BCUT2D eigenvalue weighted by Crippen LogP contribution is -2.39. The number of nitrogens with zero attached hydrogens (tertiary/aromatic N) is 1. The van der Waals surface area contributed by atoms with E-state index in [9.17, 15) is 9.59 Å². The van der Waals surface area contributed by atoms with Crippen molar-refractivity contribution in [3.63, 3.8) is 0 Å². The van der Waals surface area contributed by atoms with Crippen LogP contribution < -0.4 is 10.6 Å². The number of hydrogen-bond acceptors (Lipinski definition) is 3. The van der Waals surface area contributed by atoms with E-state index in [4.69, 9.17) is 5.11 Å². The molecule has 3 N–H and O–H groups in total. The van der Waals surface area contributed by atoms with Gasteiger partial charge in [-0.1, -0.05) is 38.1 Å². The SMILES string of the molecule is CC1CC(C)CN(Cc2ccccc2CNC(=O)NCCC(=O)O)C1. The molecule has 0 aliphatic carbocycles. The van der Waals surface area contributed by atoms with E-state index in [-0.39, 0.29) is 19.0 Å². The van der Waals surface area contributed by atoms with E-state index in [0.717, 1.165) is 25.2 Å². The number of carboxylic acid groups (broad SMARTS) is 1. The number of hydrogen-bond donors (Lipinski definition) is 3. The zero-order chi connectivity index (χ0) is 18.2. The third kappa shape index (κ3) is 6.74. The van der Waals surface area contributed by atoms with E-state index in [1.807, 2.05) is 18.2 Å². The summed E-state index contributed by atoms with van der Waals surface area (Å²) in [5.74, 6) is 0.513. The Morgan fingerprint density at radius 1 is 1.12 bits per heavy atom. The third-order valence-corrected chi connectivity index (χ3v) is 4.52.